The molecule has 208 valence electrons. The quantitative estimate of drug-likeness (QED) is 0.306. The minimum atomic E-state index is -3.87. The molecule has 0 fully saturated rings. The molecule has 9 heteroatoms. The van der Waals surface area contributed by atoms with Crippen LogP contribution in [0.25, 0.3) is 0 Å². The van der Waals surface area contributed by atoms with Crippen molar-refractivity contribution < 1.29 is 22.7 Å². The summed E-state index contributed by atoms with van der Waals surface area (Å²) in [5.41, 5.74) is 1.97. The molecule has 0 saturated carbocycles. The van der Waals surface area contributed by atoms with Gasteiger partial charge in [0, 0.05) is 19.5 Å². The Labute approximate surface area is 231 Å². The number of hydrogen-bond donors (Lipinski definition) is 1. The molecule has 0 aliphatic rings. The Kier molecular flexibility index (Phi) is 10.9. The van der Waals surface area contributed by atoms with Crippen molar-refractivity contribution in [1.82, 2.24) is 10.2 Å². The zero-order valence-electron chi connectivity index (χ0n) is 22.7. The summed E-state index contributed by atoms with van der Waals surface area (Å²) >= 11 is 0. The molecule has 8 nitrogen and oxygen atoms in total. The maximum Gasteiger partial charge on any atom is 0.244 e. The molecular formula is C30H37N3O5S. The lowest BCUT2D eigenvalue weighted by molar-refractivity contribution is -0.140. The van der Waals surface area contributed by atoms with E-state index in [0.717, 1.165) is 34.5 Å². The molecule has 1 N–H and O–H groups in total. The Morgan fingerprint density at radius 3 is 2.08 bits per heavy atom. The average Bonchev–Trinajstić information content (AvgIpc) is 2.94. The number of hydrogen-bond acceptors (Lipinski definition) is 5. The first-order valence-corrected chi connectivity index (χ1v) is 14.8. The van der Waals surface area contributed by atoms with Gasteiger partial charge in [0.1, 0.15) is 18.3 Å². The number of rotatable bonds is 14. The largest absolute Gasteiger partial charge is 0.495 e. The number of benzene rings is 3. The maximum atomic E-state index is 14.0. The predicted molar refractivity (Wildman–Crippen MR) is 154 cm³/mol. The van der Waals surface area contributed by atoms with Gasteiger partial charge in [-0.05, 0) is 29.7 Å². The second-order valence-corrected chi connectivity index (χ2v) is 11.2. The Balaban J connectivity index is 2.03. The summed E-state index contributed by atoms with van der Waals surface area (Å²) in [6.07, 6.45) is 3.06. The van der Waals surface area contributed by atoms with E-state index in [0.29, 0.717) is 12.3 Å². The van der Waals surface area contributed by atoms with Crippen molar-refractivity contribution in [2.24, 2.45) is 0 Å². The molecule has 0 heterocycles. The number of para-hydroxylation sites is 2. The third kappa shape index (κ3) is 8.58. The first-order chi connectivity index (χ1) is 18.7. The van der Waals surface area contributed by atoms with E-state index in [-0.39, 0.29) is 24.6 Å². The molecule has 3 aromatic carbocycles. The lowest BCUT2D eigenvalue weighted by Crippen LogP contribution is -2.53. The molecule has 1 atom stereocenters. The Morgan fingerprint density at radius 1 is 0.897 bits per heavy atom. The highest BCUT2D eigenvalue weighted by Crippen LogP contribution is 2.29. The smallest absolute Gasteiger partial charge is 0.244 e. The molecule has 3 rings (SSSR count). The highest BCUT2D eigenvalue weighted by molar-refractivity contribution is 7.92. The van der Waals surface area contributed by atoms with Crippen molar-refractivity contribution in [3.63, 3.8) is 0 Å². The molecule has 3 aromatic rings. The number of anilines is 1. The zero-order valence-corrected chi connectivity index (χ0v) is 23.6. The number of methoxy groups -OCH3 is 1. The summed E-state index contributed by atoms with van der Waals surface area (Å²) in [4.78, 5) is 29.1. The molecule has 0 saturated heterocycles. The highest BCUT2D eigenvalue weighted by Gasteiger charge is 2.33. The number of carbonyl (C=O) groups is 2. The van der Waals surface area contributed by atoms with E-state index in [1.54, 1.807) is 24.3 Å². The number of nitrogens with zero attached hydrogens (tertiary/aromatic N) is 2. The summed E-state index contributed by atoms with van der Waals surface area (Å²) in [6.45, 7) is 2.18. The van der Waals surface area contributed by atoms with Gasteiger partial charge in [-0.2, -0.15) is 0 Å². The first kappa shape index (κ1) is 29.7. The molecule has 0 radical (unpaired) electrons. The van der Waals surface area contributed by atoms with Crippen molar-refractivity contribution in [3.8, 4) is 5.75 Å². The van der Waals surface area contributed by atoms with Gasteiger partial charge in [-0.25, -0.2) is 8.42 Å². The summed E-state index contributed by atoms with van der Waals surface area (Å²) < 4.78 is 32.2. The molecule has 39 heavy (non-hydrogen) atoms. The van der Waals surface area contributed by atoms with E-state index in [1.165, 1.54) is 12.0 Å². The molecule has 0 aliphatic carbocycles. The van der Waals surface area contributed by atoms with Crippen molar-refractivity contribution in [2.75, 3.05) is 30.8 Å². The average molecular weight is 552 g/mol. The van der Waals surface area contributed by atoms with Gasteiger partial charge in [0.05, 0.1) is 19.1 Å². The first-order valence-electron chi connectivity index (χ1n) is 13.0. The van der Waals surface area contributed by atoms with Gasteiger partial charge in [-0.1, -0.05) is 86.1 Å². The van der Waals surface area contributed by atoms with Crippen LogP contribution >= 0.6 is 0 Å². The topological polar surface area (TPSA) is 96.0 Å². The van der Waals surface area contributed by atoms with Gasteiger partial charge in [-0.15, -0.1) is 0 Å². The second-order valence-electron chi connectivity index (χ2n) is 9.30. The summed E-state index contributed by atoms with van der Waals surface area (Å²) in [5.74, 6) is -0.454. The van der Waals surface area contributed by atoms with Crippen molar-refractivity contribution in [2.45, 2.75) is 38.8 Å². The number of ether oxygens (including phenoxy) is 1. The number of unbranched alkanes of at least 4 members (excludes halogenated alkanes) is 1. The SMILES string of the molecule is CCCCNC(=O)[C@H](Cc1ccccc1)N(Cc1ccccc1)C(=O)CN(c1ccccc1OC)S(C)(=O)=O. The van der Waals surface area contributed by atoms with Gasteiger partial charge in [-0.3, -0.25) is 13.9 Å². The van der Waals surface area contributed by atoms with E-state index in [2.05, 4.69) is 5.32 Å². The second kappa shape index (κ2) is 14.3. The van der Waals surface area contributed by atoms with Crippen molar-refractivity contribution in [3.05, 3.63) is 96.1 Å². The van der Waals surface area contributed by atoms with Gasteiger partial charge >= 0.3 is 0 Å². The fraction of sp³-hybridized carbons (Fsp3) is 0.333. The fourth-order valence-electron chi connectivity index (χ4n) is 4.27. The summed E-state index contributed by atoms with van der Waals surface area (Å²) in [7, 11) is -2.43. The third-order valence-corrected chi connectivity index (χ3v) is 7.46. The number of amides is 2. The van der Waals surface area contributed by atoms with E-state index < -0.39 is 28.5 Å². The van der Waals surface area contributed by atoms with Crippen LogP contribution in [-0.2, 0) is 32.6 Å². The van der Waals surface area contributed by atoms with Gasteiger partial charge in [0.25, 0.3) is 0 Å². The van der Waals surface area contributed by atoms with Crippen LogP contribution in [0.2, 0.25) is 0 Å². The molecule has 0 unspecified atom stereocenters. The van der Waals surface area contributed by atoms with E-state index in [1.807, 2.05) is 67.6 Å². The van der Waals surface area contributed by atoms with E-state index in [9.17, 15) is 18.0 Å². The van der Waals surface area contributed by atoms with Crippen LogP contribution in [-0.4, -0.2) is 57.6 Å². The lowest BCUT2D eigenvalue weighted by Gasteiger charge is -2.33. The standard InChI is InChI=1S/C30H37N3O5S/c1-4-5-20-31-30(35)27(21-24-14-8-6-9-15-24)32(22-25-16-10-7-11-17-25)29(34)23-33(39(3,36)37)26-18-12-13-19-28(26)38-2/h6-19,27H,4-5,20-23H2,1-3H3,(H,31,35)/t27-/m0/s1. The normalized spacial score (nSPS) is 11.9. The van der Waals surface area contributed by atoms with Gasteiger partial charge in [0.2, 0.25) is 21.8 Å². The van der Waals surface area contributed by atoms with Crippen molar-refractivity contribution in [1.29, 1.82) is 0 Å². The van der Waals surface area contributed by atoms with Crippen LogP contribution in [0.15, 0.2) is 84.9 Å². The summed E-state index contributed by atoms with van der Waals surface area (Å²) in [6, 6.07) is 24.6. The summed E-state index contributed by atoms with van der Waals surface area (Å²) in [5, 5.41) is 2.97. The number of sulfonamides is 1. The number of nitrogens with one attached hydrogen (secondary N) is 1. The predicted octanol–water partition coefficient (Wildman–Crippen LogP) is 4.02. The molecule has 2 amide bonds. The van der Waals surface area contributed by atoms with Crippen LogP contribution in [0, 0.1) is 0 Å². The Hall–Kier alpha value is -3.85. The molecule has 0 aliphatic heterocycles. The fourth-order valence-corrected chi connectivity index (χ4v) is 5.12. The lowest BCUT2D eigenvalue weighted by atomic mass is 10.0. The van der Waals surface area contributed by atoms with Gasteiger partial charge < -0.3 is 15.0 Å². The van der Waals surface area contributed by atoms with Crippen LogP contribution in [0.4, 0.5) is 5.69 Å². The molecule has 0 aromatic heterocycles. The van der Waals surface area contributed by atoms with E-state index in [4.69, 9.17) is 4.74 Å². The van der Waals surface area contributed by atoms with Crippen LogP contribution < -0.4 is 14.4 Å². The van der Waals surface area contributed by atoms with Crippen LogP contribution in [0.5, 0.6) is 5.75 Å². The number of carbonyl (C=O) groups excluding carboxylic acids is 2. The zero-order chi connectivity index (χ0) is 28.3. The molecule has 0 spiro atoms. The third-order valence-electron chi connectivity index (χ3n) is 6.33. The van der Waals surface area contributed by atoms with Crippen molar-refractivity contribution >= 4 is 27.5 Å². The minimum absolute atomic E-state index is 0.141. The van der Waals surface area contributed by atoms with Crippen LogP contribution in [0.1, 0.15) is 30.9 Å². The minimum Gasteiger partial charge on any atom is -0.495 e. The van der Waals surface area contributed by atoms with E-state index >= 15 is 0 Å². The highest BCUT2D eigenvalue weighted by atomic mass is 32.2. The molecule has 0 bridgehead atoms. The van der Waals surface area contributed by atoms with Crippen LogP contribution in [0.3, 0.4) is 0 Å². The monoisotopic (exact) mass is 551 g/mol. The molecular weight excluding hydrogens is 514 g/mol. The Bertz CT molecular complexity index is 1320. The Morgan fingerprint density at radius 2 is 1.49 bits per heavy atom. The maximum absolute atomic E-state index is 14.0. The van der Waals surface area contributed by atoms with Gasteiger partial charge in [0.15, 0.2) is 0 Å².